The summed E-state index contributed by atoms with van der Waals surface area (Å²) in [7, 11) is 0. The van der Waals surface area contributed by atoms with Crippen LogP contribution in [0.2, 0.25) is 0 Å². The Bertz CT molecular complexity index is 408. The molecule has 2 nitrogen and oxygen atoms in total. The van der Waals surface area contributed by atoms with Gasteiger partial charge in [-0.05, 0) is 40.8 Å². The second kappa shape index (κ2) is 6.13. The smallest absolute Gasteiger partial charge is 0.118 e. The first-order valence-electron chi connectivity index (χ1n) is 5.17. The van der Waals surface area contributed by atoms with E-state index in [4.69, 9.17) is 4.42 Å². The largest absolute Gasteiger partial charge is 0.464 e. The summed E-state index contributed by atoms with van der Waals surface area (Å²) in [6, 6.07) is 6.24. The van der Waals surface area contributed by atoms with E-state index in [9.17, 15) is 0 Å². The van der Waals surface area contributed by atoms with Crippen LogP contribution in [0.15, 0.2) is 33.4 Å². The van der Waals surface area contributed by atoms with Gasteiger partial charge in [0, 0.05) is 6.54 Å². The Morgan fingerprint density at radius 1 is 1.25 bits per heavy atom. The van der Waals surface area contributed by atoms with Gasteiger partial charge >= 0.3 is 0 Å². The molecule has 0 aliphatic rings. The number of furan rings is 1. The second-order valence-electron chi connectivity index (χ2n) is 3.54. The summed E-state index contributed by atoms with van der Waals surface area (Å²) in [5, 5.41) is 7.62. The van der Waals surface area contributed by atoms with Gasteiger partial charge in [-0.25, -0.2) is 0 Å². The van der Waals surface area contributed by atoms with Crippen molar-refractivity contribution in [3.05, 3.63) is 46.0 Å². The van der Waals surface area contributed by atoms with Crippen molar-refractivity contribution in [3.63, 3.8) is 0 Å². The Morgan fingerprint density at radius 2 is 2.12 bits per heavy atom. The molecule has 0 bridgehead atoms. The number of rotatable bonds is 6. The monoisotopic (exact) mass is 253 g/mol. The van der Waals surface area contributed by atoms with Gasteiger partial charge in [0.25, 0.3) is 0 Å². The molecule has 2 heterocycles. The van der Waals surface area contributed by atoms with Gasteiger partial charge in [0.2, 0.25) is 0 Å². The van der Waals surface area contributed by atoms with Crippen molar-refractivity contribution in [1.82, 2.24) is 5.32 Å². The minimum Gasteiger partial charge on any atom is -0.464 e. The van der Waals surface area contributed by atoms with Gasteiger partial charge in [0.05, 0.1) is 12.3 Å². The SMILES string of the molecule is CSCc1ccc(CNCc2ccsc2)o1. The van der Waals surface area contributed by atoms with Crippen molar-refractivity contribution in [2.45, 2.75) is 18.8 Å². The predicted molar refractivity (Wildman–Crippen MR) is 70.8 cm³/mol. The van der Waals surface area contributed by atoms with Crippen molar-refractivity contribution in [2.24, 2.45) is 0 Å². The van der Waals surface area contributed by atoms with E-state index in [1.807, 2.05) is 6.07 Å². The molecule has 0 fully saturated rings. The predicted octanol–water partition coefficient (Wildman–Crippen LogP) is 3.49. The topological polar surface area (TPSA) is 25.2 Å². The van der Waals surface area contributed by atoms with Crippen LogP contribution < -0.4 is 5.32 Å². The van der Waals surface area contributed by atoms with E-state index in [1.54, 1.807) is 23.1 Å². The highest BCUT2D eigenvalue weighted by Crippen LogP contribution is 2.13. The van der Waals surface area contributed by atoms with Crippen LogP contribution in [-0.4, -0.2) is 6.26 Å². The zero-order valence-corrected chi connectivity index (χ0v) is 10.9. The van der Waals surface area contributed by atoms with E-state index in [-0.39, 0.29) is 0 Å². The Hall–Kier alpha value is -0.710. The quantitative estimate of drug-likeness (QED) is 0.853. The maximum absolute atomic E-state index is 5.66. The third-order valence-corrected chi connectivity index (χ3v) is 3.52. The normalized spacial score (nSPS) is 10.8. The van der Waals surface area contributed by atoms with Gasteiger partial charge in [-0.1, -0.05) is 0 Å². The molecule has 0 atom stereocenters. The van der Waals surface area contributed by atoms with Gasteiger partial charge < -0.3 is 9.73 Å². The molecule has 0 amide bonds. The molecule has 86 valence electrons. The highest BCUT2D eigenvalue weighted by atomic mass is 32.2. The molecule has 0 aliphatic carbocycles. The van der Waals surface area contributed by atoms with Crippen LogP contribution in [0.4, 0.5) is 0 Å². The van der Waals surface area contributed by atoms with Crippen molar-refractivity contribution >= 4 is 23.1 Å². The average molecular weight is 253 g/mol. The summed E-state index contributed by atoms with van der Waals surface area (Å²) < 4.78 is 5.66. The van der Waals surface area contributed by atoms with Crippen LogP contribution in [0, 0.1) is 0 Å². The molecular weight excluding hydrogens is 238 g/mol. The third-order valence-electron chi connectivity index (χ3n) is 2.21. The lowest BCUT2D eigenvalue weighted by Crippen LogP contribution is -2.11. The molecule has 2 aromatic heterocycles. The van der Waals surface area contributed by atoms with Crippen LogP contribution in [-0.2, 0) is 18.8 Å². The maximum atomic E-state index is 5.66. The van der Waals surface area contributed by atoms with Gasteiger partial charge in [-0.15, -0.1) is 0 Å². The average Bonchev–Trinajstić information content (AvgIpc) is 2.90. The van der Waals surface area contributed by atoms with Gasteiger partial charge in [-0.2, -0.15) is 23.1 Å². The molecular formula is C12H15NOS2. The number of thiophene rings is 1. The zero-order chi connectivity index (χ0) is 11.2. The Kier molecular flexibility index (Phi) is 4.51. The first-order valence-corrected chi connectivity index (χ1v) is 7.50. The standard InChI is InChI=1S/C12H15NOS2/c1-15-9-12-3-2-11(14-12)7-13-6-10-4-5-16-8-10/h2-5,8,13H,6-7,9H2,1H3. The molecule has 4 heteroatoms. The molecule has 0 unspecified atom stereocenters. The fraction of sp³-hybridized carbons (Fsp3) is 0.333. The van der Waals surface area contributed by atoms with Crippen molar-refractivity contribution < 1.29 is 4.42 Å². The van der Waals surface area contributed by atoms with E-state index in [0.29, 0.717) is 0 Å². The van der Waals surface area contributed by atoms with E-state index in [1.165, 1.54) is 5.56 Å². The molecule has 1 N–H and O–H groups in total. The molecule has 2 rings (SSSR count). The van der Waals surface area contributed by atoms with Gasteiger partial charge in [-0.3, -0.25) is 0 Å². The van der Waals surface area contributed by atoms with Crippen molar-refractivity contribution in [2.75, 3.05) is 6.26 Å². The van der Waals surface area contributed by atoms with E-state index < -0.39 is 0 Å². The minimum absolute atomic E-state index is 0.796. The number of hydrogen-bond donors (Lipinski definition) is 1. The Labute approximate surface area is 104 Å². The summed E-state index contributed by atoms with van der Waals surface area (Å²) in [5.74, 6) is 3.02. The molecule has 16 heavy (non-hydrogen) atoms. The lowest BCUT2D eigenvalue weighted by atomic mass is 10.3. The molecule has 2 aromatic rings. The molecule has 0 radical (unpaired) electrons. The summed E-state index contributed by atoms with van der Waals surface area (Å²) in [4.78, 5) is 0. The fourth-order valence-corrected chi connectivity index (χ4v) is 2.57. The van der Waals surface area contributed by atoms with Gasteiger partial charge in [0.1, 0.15) is 11.5 Å². The fourth-order valence-electron chi connectivity index (χ4n) is 1.46. The molecule has 0 aliphatic heterocycles. The number of nitrogens with one attached hydrogen (secondary N) is 1. The van der Waals surface area contributed by atoms with Gasteiger partial charge in [0.15, 0.2) is 0 Å². The first-order chi connectivity index (χ1) is 7.88. The molecule has 0 spiro atoms. The summed E-state index contributed by atoms with van der Waals surface area (Å²) >= 11 is 3.51. The van der Waals surface area contributed by atoms with E-state index in [2.05, 4.69) is 34.5 Å². The lowest BCUT2D eigenvalue weighted by molar-refractivity contribution is 0.459. The van der Waals surface area contributed by atoms with Crippen LogP contribution in [0.5, 0.6) is 0 Å². The lowest BCUT2D eigenvalue weighted by Gasteiger charge is -2.00. The van der Waals surface area contributed by atoms with Crippen LogP contribution >= 0.6 is 23.1 Å². The zero-order valence-electron chi connectivity index (χ0n) is 9.23. The minimum atomic E-state index is 0.796. The summed E-state index contributed by atoms with van der Waals surface area (Å²) in [6.07, 6.45) is 2.08. The van der Waals surface area contributed by atoms with E-state index in [0.717, 1.165) is 30.4 Å². The summed E-state index contributed by atoms with van der Waals surface area (Å²) in [5.41, 5.74) is 1.33. The van der Waals surface area contributed by atoms with Crippen LogP contribution in [0.3, 0.4) is 0 Å². The third kappa shape index (κ3) is 3.40. The van der Waals surface area contributed by atoms with Crippen LogP contribution in [0.1, 0.15) is 17.1 Å². The first kappa shape index (κ1) is 11.8. The van der Waals surface area contributed by atoms with E-state index >= 15 is 0 Å². The summed E-state index contributed by atoms with van der Waals surface area (Å²) in [6.45, 7) is 1.70. The molecule has 0 aromatic carbocycles. The van der Waals surface area contributed by atoms with Crippen molar-refractivity contribution in [1.29, 1.82) is 0 Å². The highest BCUT2D eigenvalue weighted by molar-refractivity contribution is 7.97. The maximum Gasteiger partial charge on any atom is 0.118 e. The molecule has 0 saturated heterocycles. The molecule has 0 saturated carbocycles. The number of hydrogen-bond acceptors (Lipinski definition) is 4. The Morgan fingerprint density at radius 3 is 2.88 bits per heavy atom. The highest BCUT2D eigenvalue weighted by Gasteiger charge is 2.01. The number of thioether (sulfide) groups is 1. The van der Waals surface area contributed by atoms with Crippen LogP contribution in [0.25, 0.3) is 0 Å². The van der Waals surface area contributed by atoms with Crippen molar-refractivity contribution in [3.8, 4) is 0 Å². The second-order valence-corrected chi connectivity index (χ2v) is 5.18. The Balaban J connectivity index is 1.76.